The molecule has 9 nitrogen and oxygen atoms in total. The second kappa shape index (κ2) is 10.4. The van der Waals surface area contributed by atoms with Gasteiger partial charge in [0.1, 0.15) is 16.9 Å². The van der Waals surface area contributed by atoms with Crippen LogP contribution in [0.4, 0.5) is 14.9 Å². The summed E-state index contributed by atoms with van der Waals surface area (Å²) in [5.74, 6) is 1.80. The Labute approximate surface area is 265 Å². The molecule has 0 unspecified atom stereocenters. The Balaban J connectivity index is 1.13. The van der Waals surface area contributed by atoms with E-state index in [1.807, 2.05) is 44.1 Å². The lowest BCUT2D eigenvalue weighted by atomic mass is 10.1. The third kappa shape index (κ3) is 4.94. The number of hydrogen-bond donors (Lipinski definition) is 2. The number of benzene rings is 2. The Bertz CT molecular complexity index is 1870. The van der Waals surface area contributed by atoms with Crippen LogP contribution in [0, 0.1) is 17.7 Å². The zero-order valence-corrected chi connectivity index (χ0v) is 27.0. The monoisotopic (exact) mass is 630 g/mol. The molecular formula is C34H39FN6O3S. The van der Waals surface area contributed by atoms with E-state index in [0.29, 0.717) is 29.3 Å². The minimum Gasteiger partial charge on any atom is -0.444 e. The molecule has 4 aromatic rings. The van der Waals surface area contributed by atoms with Crippen LogP contribution in [0.2, 0.25) is 0 Å². The van der Waals surface area contributed by atoms with Crippen molar-refractivity contribution in [2.45, 2.75) is 75.6 Å². The maximum atomic E-state index is 15.9. The molecule has 11 heteroatoms. The van der Waals surface area contributed by atoms with Crippen LogP contribution in [-0.2, 0) is 18.3 Å². The first-order chi connectivity index (χ1) is 21.6. The zero-order chi connectivity index (χ0) is 31.2. The number of rotatable bonds is 5. The number of carbonyl (C=O) groups excluding carboxylic acids is 2. The number of fused-ring (bicyclic) bond motifs is 6. The average molecular weight is 631 g/mol. The van der Waals surface area contributed by atoms with Crippen molar-refractivity contribution in [3.63, 3.8) is 0 Å². The van der Waals surface area contributed by atoms with Gasteiger partial charge in [-0.25, -0.2) is 14.2 Å². The third-order valence-corrected chi connectivity index (χ3v) is 10.8. The summed E-state index contributed by atoms with van der Waals surface area (Å²) in [5.41, 5.74) is 3.84. The number of imidazole rings is 1. The molecule has 0 spiro atoms. The number of amides is 2. The number of ether oxygens (including phenoxy) is 1. The van der Waals surface area contributed by atoms with Gasteiger partial charge in [-0.2, -0.15) is 0 Å². The Morgan fingerprint density at radius 2 is 1.96 bits per heavy atom. The summed E-state index contributed by atoms with van der Waals surface area (Å²) in [6.07, 6.45) is 3.67. The molecule has 3 fully saturated rings. The second-order valence-corrected chi connectivity index (χ2v) is 15.2. The van der Waals surface area contributed by atoms with Gasteiger partial charge in [0.2, 0.25) is 0 Å². The molecular weight excluding hydrogens is 591 g/mol. The van der Waals surface area contributed by atoms with E-state index < -0.39 is 17.5 Å². The van der Waals surface area contributed by atoms with Crippen LogP contribution < -0.4 is 10.6 Å². The van der Waals surface area contributed by atoms with Crippen molar-refractivity contribution in [3.8, 4) is 11.5 Å². The van der Waals surface area contributed by atoms with Crippen LogP contribution in [0.25, 0.3) is 33.5 Å². The quantitative estimate of drug-likeness (QED) is 0.266. The van der Waals surface area contributed by atoms with Gasteiger partial charge in [0.25, 0.3) is 5.91 Å². The molecule has 2 aliphatic heterocycles. The minimum absolute atomic E-state index is 0.147. The number of nitrogens with zero attached hydrogens (tertiary/aromatic N) is 4. The van der Waals surface area contributed by atoms with Crippen LogP contribution in [0.5, 0.6) is 0 Å². The fourth-order valence-corrected chi connectivity index (χ4v) is 8.51. The number of nitrogens with one attached hydrogen (secondary N) is 2. The summed E-state index contributed by atoms with van der Waals surface area (Å²) in [6.45, 7) is 7.83. The molecule has 0 radical (unpaired) electrons. The highest BCUT2D eigenvalue weighted by molar-refractivity contribution is 7.99. The summed E-state index contributed by atoms with van der Waals surface area (Å²) >= 11 is 1.88. The number of piperidine rings is 1. The normalized spacial score (nSPS) is 22.6. The van der Waals surface area contributed by atoms with Crippen LogP contribution in [0.15, 0.2) is 35.2 Å². The van der Waals surface area contributed by atoms with E-state index in [4.69, 9.17) is 9.72 Å². The zero-order valence-electron chi connectivity index (χ0n) is 26.2. The van der Waals surface area contributed by atoms with Crippen molar-refractivity contribution in [1.82, 2.24) is 24.3 Å². The number of hydrogen-bond acceptors (Lipinski definition) is 6. The van der Waals surface area contributed by atoms with E-state index in [9.17, 15) is 9.59 Å². The molecule has 1 saturated heterocycles. The van der Waals surface area contributed by atoms with Crippen molar-refractivity contribution < 1.29 is 18.7 Å². The third-order valence-electron chi connectivity index (χ3n) is 9.75. The first-order valence-corrected chi connectivity index (χ1v) is 17.0. The van der Waals surface area contributed by atoms with Crippen molar-refractivity contribution in [3.05, 3.63) is 41.7 Å². The molecule has 3 atom stereocenters. The molecule has 2 amide bonds. The smallest absolute Gasteiger partial charge is 0.407 e. The number of carbonyl (C=O) groups is 2. The second-order valence-electron chi connectivity index (χ2n) is 14.1. The van der Waals surface area contributed by atoms with E-state index in [0.717, 1.165) is 42.8 Å². The minimum atomic E-state index is -0.604. The number of aromatic nitrogens is 3. The van der Waals surface area contributed by atoms with Gasteiger partial charge in [-0.1, -0.05) is 6.07 Å². The highest BCUT2D eigenvalue weighted by atomic mass is 32.2. The highest BCUT2D eigenvalue weighted by Gasteiger charge is 2.50. The summed E-state index contributed by atoms with van der Waals surface area (Å²) < 4.78 is 25.6. The van der Waals surface area contributed by atoms with Gasteiger partial charge in [-0.05, 0) is 82.6 Å². The van der Waals surface area contributed by atoms with E-state index in [-0.39, 0.29) is 29.5 Å². The Hall–Kier alpha value is -3.73. The number of likely N-dealkylation sites (tertiary alicyclic amines) is 1. The van der Waals surface area contributed by atoms with Gasteiger partial charge < -0.3 is 29.4 Å². The topological polar surface area (TPSA) is 93.4 Å². The number of thioether (sulfide) groups is 1. The van der Waals surface area contributed by atoms with Crippen LogP contribution in [-0.4, -0.2) is 67.5 Å². The molecule has 2 saturated carbocycles. The molecule has 2 aromatic carbocycles. The van der Waals surface area contributed by atoms with E-state index in [1.54, 1.807) is 11.0 Å². The molecule has 4 aliphatic rings. The van der Waals surface area contributed by atoms with E-state index in [2.05, 4.69) is 33.4 Å². The maximum Gasteiger partial charge on any atom is 0.407 e. The first kappa shape index (κ1) is 28.7. The van der Waals surface area contributed by atoms with Crippen LogP contribution in [0.1, 0.15) is 56.8 Å². The largest absolute Gasteiger partial charge is 0.444 e. The van der Waals surface area contributed by atoms with Gasteiger partial charge in [-0.15, -0.1) is 11.8 Å². The standard InChI is InChI=1S/C34H39FN6O3S/c1-34(2,3)44-33(43)38-27-20-7-9-24(27)41(17-20)32(42)21-13-22(35)30-23(14-21)37-31(39(30)4)25-15-19-8-10-26-28(36-11-12-45-26)29(19)40(25)16-18-5-6-18/h8,10,13-15,18,20,24,27,36H,5-7,9,11-12,16-17H2,1-4H3,(H,38,43)/t20-,24-,27-/m1/s1. The van der Waals surface area contributed by atoms with Gasteiger partial charge in [0.15, 0.2) is 5.82 Å². The number of anilines is 1. The maximum absolute atomic E-state index is 15.9. The predicted molar refractivity (Wildman–Crippen MR) is 174 cm³/mol. The van der Waals surface area contributed by atoms with Gasteiger partial charge in [0.05, 0.1) is 34.5 Å². The average Bonchev–Trinajstić information content (AvgIpc) is 3.32. The summed E-state index contributed by atoms with van der Waals surface area (Å²) in [7, 11) is 1.85. The number of alkyl carbamates (subject to hydrolysis) is 1. The molecule has 2 aliphatic carbocycles. The Morgan fingerprint density at radius 3 is 2.73 bits per heavy atom. The van der Waals surface area contributed by atoms with Crippen molar-refractivity contribution in [1.29, 1.82) is 0 Å². The molecule has 4 heterocycles. The van der Waals surface area contributed by atoms with Crippen molar-refractivity contribution in [2.24, 2.45) is 18.9 Å². The van der Waals surface area contributed by atoms with Crippen LogP contribution >= 0.6 is 11.8 Å². The molecule has 45 heavy (non-hydrogen) atoms. The molecule has 2 bridgehead atoms. The fraction of sp³-hybridized carbons (Fsp3) is 0.500. The molecule has 2 N–H and O–H groups in total. The van der Waals surface area contributed by atoms with Crippen LogP contribution in [0.3, 0.4) is 0 Å². The Kier molecular flexibility index (Phi) is 6.64. The van der Waals surface area contributed by atoms with Gasteiger partial charge in [-0.3, -0.25) is 4.79 Å². The van der Waals surface area contributed by atoms with Gasteiger partial charge >= 0.3 is 6.09 Å². The van der Waals surface area contributed by atoms with Crippen molar-refractivity contribution >= 4 is 51.4 Å². The van der Waals surface area contributed by atoms with Crippen molar-refractivity contribution in [2.75, 3.05) is 24.2 Å². The molecule has 8 rings (SSSR count). The summed E-state index contributed by atoms with van der Waals surface area (Å²) in [6, 6.07) is 9.27. The summed E-state index contributed by atoms with van der Waals surface area (Å²) in [4.78, 5) is 34.4. The predicted octanol–water partition coefficient (Wildman–Crippen LogP) is 6.39. The Morgan fingerprint density at radius 1 is 1.13 bits per heavy atom. The lowest BCUT2D eigenvalue weighted by Crippen LogP contribution is -2.46. The van der Waals surface area contributed by atoms with E-state index in [1.165, 1.54) is 35.0 Å². The first-order valence-electron chi connectivity index (χ1n) is 16.1. The van der Waals surface area contributed by atoms with Gasteiger partial charge in [0, 0.05) is 48.3 Å². The number of aryl methyl sites for hydroxylation is 1. The SMILES string of the molecule is Cn1c(-c2cc3ccc4c(c3n2CC2CC2)NCCS4)nc2cc(C(=O)N3C[C@H]4CC[C@@H]3[C@@H]4NC(=O)OC(C)(C)C)cc(F)c21. The lowest BCUT2D eigenvalue weighted by molar-refractivity contribution is 0.0485. The molecule has 236 valence electrons. The summed E-state index contributed by atoms with van der Waals surface area (Å²) in [5, 5.41) is 7.78. The number of halogens is 1. The van der Waals surface area contributed by atoms with E-state index >= 15 is 4.39 Å². The lowest BCUT2D eigenvalue weighted by Gasteiger charge is -2.28. The molecule has 2 aromatic heterocycles. The highest BCUT2D eigenvalue weighted by Crippen LogP contribution is 2.43. The fourth-order valence-electron chi connectivity index (χ4n) is 7.61.